The molecule has 0 spiro atoms. The van der Waals surface area contributed by atoms with Gasteiger partial charge in [-0.15, -0.1) is 0 Å². The minimum absolute atomic E-state index is 0.00373. The maximum Gasteiger partial charge on any atom is 0.317 e. The number of carboxylic acid groups (broad SMARTS) is 1. The maximum atomic E-state index is 13.2. The predicted molar refractivity (Wildman–Crippen MR) is 56.0 cm³/mol. The summed E-state index contributed by atoms with van der Waals surface area (Å²) in [6.07, 6.45) is -0.522. The fraction of sp³-hybridized carbons (Fsp3) is 0.800. The predicted octanol–water partition coefficient (Wildman–Crippen LogP) is 1.15. The molecule has 1 rings (SSSR count). The summed E-state index contributed by atoms with van der Waals surface area (Å²) in [7, 11) is 0. The molecule has 1 atom stereocenters. The molecule has 0 saturated carbocycles. The number of nitrogens with one attached hydrogen (secondary N) is 1. The number of alkyl halides is 2. The zero-order chi connectivity index (χ0) is 13.1. The van der Waals surface area contributed by atoms with E-state index in [4.69, 9.17) is 5.11 Å². The molecule has 2 N–H and O–H groups in total. The molecule has 17 heavy (non-hydrogen) atoms. The van der Waals surface area contributed by atoms with Gasteiger partial charge in [-0.25, -0.2) is 13.6 Å². The molecule has 1 heterocycles. The van der Waals surface area contributed by atoms with Gasteiger partial charge in [0.15, 0.2) is 0 Å². The lowest BCUT2D eigenvalue weighted by Gasteiger charge is -2.36. The molecular formula is C10H16F2N2O3. The van der Waals surface area contributed by atoms with Crippen LogP contribution in [0.25, 0.3) is 0 Å². The molecule has 0 bridgehead atoms. The van der Waals surface area contributed by atoms with Gasteiger partial charge in [-0.2, -0.15) is 0 Å². The highest BCUT2D eigenvalue weighted by Crippen LogP contribution is 2.32. The SMILES string of the molecule is CC1CN(C(=O)NCCC(=O)O)CCC1(F)F. The molecular weight excluding hydrogens is 234 g/mol. The Kier molecular flexibility index (Phi) is 4.25. The number of amides is 2. The van der Waals surface area contributed by atoms with Gasteiger partial charge < -0.3 is 15.3 Å². The Balaban J connectivity index is 2.37. The molecule has 1 fully saturated rings. The van der Waals surface area contributed by atoms with Crippen molar-refractivity contribution in [3.63, 3.8) is 0 Å². The van der Waals surface area contributed by atoms with Crippen LogP contribution in [-0.2, 0) is 4.79 Å². The second-order valence-corrected chi connectivity index (χ2v) is 4.23. The largest absolute Gasteiger partial charge is 0.481 e. The quantitative estimate of drug-likeness (QED) is 0.789. The molecule has 0 aromatic heterocycles. The van der Waals surface area contributed by atoms with Gasteiger partial charge >= 0.3 is 12.0 Å². The average Bonchev–Trinajstić information content (AvgIpc) is 2.21. The second kappa shape index (κ2) is 5.29. The number of nitrogens with zero attached hydrogens (tertiary/aromatic N) is 1. The Bertz CT molecular complexity index is 310. The number of halogens is 2. The first-order chi connectivity index (χ1) is 7.83. The number of piperidine rings is 1. The van der Waals surface area contributed by atoms with Crippen LogP contribution in [0.3, 0.4) is 0 Å². The molecule has 5 nitrogen and oxygen atoms in total. The van der Waals surface area contributed by atoms with Gasteiger partial charge in [-0.05, 0) is 0 Å². The Morgan fingerprint density at radius 1 is 1.53 bits per heavy atom. The van der Waals surface area contributed by atoms with Gasteiger partial charge in [0.25, 0.3) is 5.92 Å². The summed E-state index contributed by atoms with van der Waals surface area (Å²) in [4.78, 5) is 23.0. The minimum Gasteiger partial charge on any atom is -0.481 e. The highest BCUT2D eigenvalue weighted by atomic mass is 19.3. The van der Waals surface area contributed by atoms with Crippen molar-refractivity contribution < 1.29 is 23.5 Å². The molecule has 0 radical (unpaired) electrons. The summed E-state index contributed by atoms with van der Waals surface area (Å²) in [5, 5.41) is 10.8. The molecule has 1 saturated heterocycles. The van der Waals surface area contributed by atoms with Crippen LogP contribution in [0.1, 0.15) is 19.8 Å². The van der Waals surface area contributed by atoms with E-state index in [2.05, 4.69) is 5.32 Å². The summed E-state index contributed by atoms with van der Waals surface area (Å²) in [5.74, 6) is -4.61. The Hall–Kier alpha value is -1.40. The standard InChI is InChI=1S/C10H16F2N2O3/c1-7-6-14(5-3-10(7,11)12)9(17)13-4-2-8(15)16/h7H,2-6H2,1H3,(H,13,17)(H,15,16). The van der Waals surface area contributed by atoms with Gasteiger partial charge in [-0.1, -0.05) is 6.92 Å². The van der Waals surface area contributed by atoms with Crippen molar-refractivity contribution >= 4 is 12.0 Å². The average molecular weight is 250 g/mol. The molecule has 1 aliphatic heterocycles. The van der Waals surface area contributed by atoms with Crippen molar-refractivity contribution in [3.05, 3.63) is 0 Å². The smallest absolute Gasteiger partial charge is 0.317 e. The van der Waals surface area contributed by atoms with Crippen molar-refractivity contribution in [2.45, 2.75) is 25.7 Å². The first kappa shape index (κ1) is 13.7. The van der Waals surface area contributed by atoms with Gasteiger partial charge in [0.05, 0.1) is 6.42 Å². The van der Waals surface area contributed by atoms with Crippen LogP contribution in [0.15, 0.2) is 0 Å². The van der Waals surface area contributed by atoms with E-state index in [9.17, 15) is 18.4 Å². The zero-order valence-corrected chi connectivity index (χ0v) is 9.58. The van der Waals surface area contributed by atoms with Gasteiger partial charge in [-0.3, -0.25) is 4.79 Å². The summed E-state index contributed by atoms with van der Waals surface area (Å²) in [6, 6.07) is -0.478. The van der Waals surface area contributed by atoms with E-state index < -0.39 is 23.8 Å². The van der Waals surface area contributed by atoms with Crippen molar-refractivity contribution in [1.82, 2.24) is 10.2 Å². The van der Waals surface area contributed by atoms with Crippen molar-refractivity contribution in [1.29, 1.82) is 0 Å². The zero-order valence-electron chi connectivity index (χ0n) is 9.58. The lowest BCUT2D eigenvalue weighted by molar-refractivity contribution is -0.136. The topological polar surface area (TPSA) is 69.6 Å². The van der Waals surface area contributed by atoms with E-state index in [1.807, 2.05) is 0 Å². The Morgan fingerprint density at radius 2 is 2.18 bits per heavy atom. The van der Waals surface area contributed by atoms with Crippen LogP contribution in [0.2, 0.25) is 0 Å². The van der Waals surface area contributed by atoms with E-state index in [0.717, 1.165) is 0 Å². The number of hydrogen-bond acceptors (Lipinski definition) is 2. The first-order valence-electron chi connectivity index (χ1n) is 5.45. The Labute approximate surface area is 97.8 Å². The maximum absolute atomic E-state index is 13.2. The van der Waals surface area contributed by atoms with Crippen molar-refractivity contribution in [2.75, 3.05) is 19.6 Å². The fourth-order valence-electron chi connectivity index (χ4n) is 1.66. The number of carboxylic acids is 1. The number of rotatable bonds is 3. The molecule has 0 aromatic rings. The monoisotopic (exact) mass is 250 g/mol. The highest BCUT2D eigenvalue weighted by molar-refractivity contribution is 5.75. The third-order valence-electron chi connectivity index (χ3n) is 2.83. The molecule has 0 aromatic carbocycles. The van der Waals surface area contributed by atoms with E-state index >= 15 is 0 Å². The minimum atomic E-state index is -2.72. The van der Waals surface area contributed by atoms with E-state index in [1.165, 1.54) is 11.8 Å². The van der Waals surface area contributed by atoms with E-state index in [-0.39, 0.29) is 32.5 Å². The molecule has 98 valence electrons. The normalized spacial score (nSPS) is 23.2. The third kappa shape index (κ3) is 3.83. The summed E-state index contributed by atoms with van der Waals surface area (Å²) in [5.41, 5.74) is 0. The van der Waals surface area contributed by atoms with E-state index in [0.29, 0.717) is 0 Å². The van der Waals surface area contributed by atoms with Crippen LogP contribution in [0.4, 0.5) is 13.6 Å². The molecule has 1 unspecified atom stereocenters. The summed E-state index contributed by atoms with van der Waals surface area (Å²) < 4.78 is 26.3. The number of hydrogen-bond donors (Lipinski definition) is 2. The van der Waals surface area contributed by atoms with Crippen molar-refractivity contribution in [2.24, 2.45) is 5.92 Å². The second-order valence-electron chi connectivity index (χ2n) is 4.23. The van der Waals surface area contributed by atoms with Crippen LogP contribution in [0, 0.1) is 5.92 Å². The Morgan fingerprint density at radius 3 is 2.71 bits per heavy atom. The summed E-state index contributed by atoms with van der Waals surface area (Å²) in [6.45, 7) is 1.40. The van der Waals surface area contributed by atoms with Crippen LogP contribution in [0.5, 0.6) is 0 Å². The summed E-state index contributed by atoms with van der Waals surface area (Å²) >= 11 is 0. The lowest BCUT2D eigenvalue weighted by atomic mass is 9.96. The van der Waals surface area contributed by atoms with Gasteiger partial charge in [0.2, 0.25) is 0 Å². The number of urea groups is 1. The number of aliphatic carboxylic acids is 1. The first-order valence-corrected chi connectivity index (χ1v) is 5.45. The van der Waals surface area contributed by atoms with Crippen LogP contribution in [-0.4, -0.2) is 47.6 Å². The fourth-order valence-corrected chi connectivity index (χ4v) is 1.66. The molecule has 1 aliphatic rings. The van der Waals surface area contributed by atoms with Crippen LogP contribution < -0.4 is 5.32 Å². The van der Waals surface area contributed by atoms with Crippen LogP contribution >= 0.6 is 0 Å². The number of carbonyl (C=O) groups excluding carboxylic acids is 1. The third-order valence-corrected chi connectivity index (χ3v) is 2.83. The molecule has 0 aliphatic carbocycles. The molecule has 2 amide bonds. The van der Waals surface area contributed by atoms with Gasteiger partial charge in [0.1, 0.15) is 0 Å². The lowest BCUT2D eigenvalue weighted by Crippen LogP contribution is -2.51. The number of carbonyl (C=O) groups is 2. The highest BCUT2D eigenvalue weighted by Gasteiger charge is 2.42. The van der Waals surface area contributed by atoms with E-state index in [1.54, 1.807) is 0 Å². The van der Waals surface area contributed by atoms with Crippen molar-refractivity contribution in [3.8, 4) is 0 Å². The number of likely N-dealkylation sites (tertiary alicyclic amines) is 1. The molecule has 7 heteroatoms. The van der Waals surface area contributed by atoms with Gasteiger partial charge in [0, 0.05) is 32.0 Å².